The number of benzene rings is 1. The van der Waals surface area contributed by atoms with Crippen molar-refractivity contribution < 1.29 is 14.3 Å². The van der Waals surface area contributed by atoms with Crippen LogP contribution in [0.4, 0.5) is 5.69 Å². The van der Waals surface area contributed by atoms with Crippen LogP contribution in [-0.2, 0) is 11.2 Å². The summed E-state index contributed by atoms with van der Waals surface area (Å²) in [7, 11) is 2.93. The van der Waals surface area contributed by atoms with Crippen LogP contribution in [0.2, 0.25) is 5.15 Å². The Bertz CT molecular complexity index is 1370. The average molecular weight is 465 g/mol. The number of ether oxygens (including phenoxy) is 2. The maximum Gasteiger partial charge on any atom is 0.358 e. The second-order valence-corrected chi connectivity index (χ2v) is 8.21. The Balaban J connectivity index is 1.89. The Morgan fingerprint density at radius 3 is 2.61 bits per heavy atom. The van der Waals surface area contributed by atoms with E-state index in [1.165, 1.54) is 7.11 Å². The molecule has 0 aliphatic rings. The predicted octanol–water partition coefficient (Wildman–Crippen LogP) is 5.67. The van der Waals surface area contributed by atoms with Gasteiger partial charge in [-0.1, -0.05) is 30.2 Å². The van der Waals surface area contributed by atoms with Crippen molar-refractivity contribution >= 4 is 44.9 Å². The van der Waals surface area contributed by atoms with Gasteiger partial charge in [-0.05, 0) is 43.9 Å². The third-order valence-electron chi connectivity index (χ3n) is 5.63. The zero-order chi connectivity index (χ0) is 23.7. The van der Waals surface area contributed by atoms with Crippen LogP contribution in [0.5, 0.6) is 5.88 Å². The first-order valence-electron chi connectivity index (χ1n) is 10.6. The van der Waals surface area contributed by atoms with E-state index in [1.807, 2.05) is 19.2 Å². The number of hydrogen-bond acceptors (Lipinski definition) is 7. The first-order valence-corrected chi connectivity index (χ1v) is 11.0. The average Bonchev–Trinajstić information content (AvgIpc) is 2.83. The Labute approximate surface area is 197 Å². The molecular weight excluding hydrogens is 440 g/mol. The topological polar surface area (TPSA) is 86.2 Å². The summed E-state index contributed by atoms with van der Waals surface area (Å²) in [4.78, 5) is 25.8. The first kappa shape index (κ1) is 22.7. The number of nitrogens with one attached hydrogen (secondary N) is 1. The maximum atomic E-state index is 12.2. The van der Waals surface area contributed by atoms with Crippen LogP contribution in [0.1, 0.15) is 47.2 Å². The van der Waals surface area contributed by atoms with Gasteiger partial charge in [0.05, 0.1) is 37.2 Å². The number of hydrogen-bond donors (Lipinski definition) is 1. The number of fused-ring (bicyclic) bond motifs is 3. The summed E-state index contributed by atoms with van der Waals surface area (Å²) >= 11 is 6.01. The Kier molecular flexibility index (Phi) is 6.33. The molecule has 0 saturated heterocycles. The minimum absolute atomic E-state index is 0.136. The van der Waals surface area contributed by atoms with Crippen molar-refractivity contribution in [2.24, 2.45) is 0 Å². The minimum atomic E-state index is -0.557. The number of carbonyl (C=O) groups excluding carboxylic acids is 1. The largest absolute Gasteiger partial charge is 0.481 e. The number of rotatable bonds is 6. The molecule has 0 saturated carbocycles. The fourth-order valence-electron chi connectivity index (χ4n) is 4.05. The molecule has 0 fully saturated rings. The number of nitrogens with zero attached hydrogens (tertiary/aromatic N) is 3. The zero-order valence-corrected chi connectivity index (χ0v) is 19.9. The molecule has 33 heavy (non-hydrogen) atoms. The van der Waals surface area contributed by atoms with E-state index in [4.69, 9.17) is 26.1 Å². The van der Waals surface area contributed by atoms with Gasteiger partial charge in [0.15, 0.2) is 5.69 Å². The monoisotopic (exact) mass is 464 g/mol. The van der Waals surface area contributed by atoms with Gasteiger partial charge in [-0.3, -0.25) is 4.98 Å². The summed E-state index contributed by atoms with van der Waals surface area (Å²) in [5.74, 6) is -0.000440. The van der Waals surface area contributed by atoms with Gasteiger partial charge < -0.3 is 14.8 Å². The van der Waals surface area contributed by atoms with Crippen LogP contribution in [0.25, 0.3) is 21.7 Å². The van der Waals surface area contributed by atoms with Gasteiger partial charge in [-0.2, -0.15) is 0 Å². The number of esters is 1. The third-order valence-corrected chi connectivity index (χ3v) is 5.84. The summed E-state index contributed by atoms with van der Waals surface area (Å²) in [6.45, 7) is 6.15. The van der Waals surface area contributed by atoms with Crippen molar-refractivity contribution in [3.05, 3.63) is 64.2 Å². The molecule has 0 spiro atoms. The van der Waals surface area contributed by atoms with E-state index in [1.54, 1.807) is 19.2 Å². The van der Waals surface area contributed by atoms with Crippen molar-refractivity contribution in [2.45, 2.75) is 33.2 Å². The molecule has 0 amide bonds. The van der Waals surface area contributed by atoms with Crippen molar-refractivity contribution in [1.29, 1.82) is 0 Å². The summed E-state index contributed by atoms with van der Waals surface area (Å²) < 4.78 is 10.3. The number of aromatic nitrogens is 3. The summed E-state index contributed by atoms with van der Waals surface area (Å²) in [5.41, 5.74) is 4.63. The fraction of sp³-hybridized carbons (Fsp3) is 0.280. The second-order valence-electron chi connectivity index (χ2n) is 7.82. The summed E-state index contributed by atoms with van der Waals surface area (Å²) in [6.07, 6.45) is 2.59. The molecular formula is C25H25ClN4O3. The van der Waals surface area contributed by atoms with Crippen LogP contribution in [-0.4, -0.2) is 35.1 Å². The Hall–Kier alpha value is -3.45. The highest BCUT2D eigenvalue weighted by molar-refractivity contribution is 6.29. The van der Waals surface area contributed by atoms with E-state index < -0.39 is 5.97 Å². The molecule has 1 unspecified atom stereocenters. The lowest BCUT2D eigenvalue weighted by atomic mass is 9.96. The first-order chi connectivity index (χ1) is 15.9. The highest BCUT2D eigenvalue weighted by Gasteiger charge is 2.20. The van der Waals surface area contributed by atoms with E-state index >= 15 is 0 Å². The van der Waals surface area contributed by atoms with Gasteiger partial charge in [0.25, 0.3) is 0 Å². The molecule has 8 heteroatoms. The van der Waals surface area contributed by atoms with Gasteiger partial charge in [0.1, 0.15) is 5.15 Å². The van der Waals surface area contributed by atoms with E-state index in [-0.39, 0.29) is 16.9 Å². The van der Waals surface area contributed by atoms with Gasteiger partial charge in [-0.25, -0.2) is 14.8 Å². The van der Waals surface area contributed by atoms with Crippen molar-refractivity contribution in [1.82, 2.24) is 15.0 Å². The molecule has 0 radical (unpaired) electrons. The number of methoxy groups -OCH3 is 2. The third kappa shape index (κ3) is 4.28. The van der Waals surface area contributed by atoms with Crippen molar-refractivity contribution in [3.63, 3.8) is 0 Å². The van der Waals surface area contributed by atoms with Crippen LogP contribution >= 0.6 is 11.6 Å². The standard InChI is InChI=1S/C25H25ClN4O3/c1-6-19-18-12-27-22(32-4)11-16(18)17-10-13(2)9-15(23(17)29-19)14(3)28-20-7-8-21(26)30-24(20)25(31)33-5/h7-12,14,28H,6H2,1-5H3. The molecule has 0 aliphatic carbocycles. The molecule has 0 bridgehead atoms. The number of aryl methyl sites for hydroxylation is 2. The molecule has 7 nitrogen and oxygen atoms in total. The van der Waals surface area contributed by atoms with E-state index in [0.29, 0.717) is 11.6 Å². The van der Waals surface area contributed by atoms with E-state index in [0.717, 1.165) is 44.9 Å². The maximum absolute atomic E-state index is 12.2. The Morgan fingerprint density at radius 1 is 1.12 bits per heavy atom. The number of anilines is 1. The highest BCUT2D eigenvalue weighted by Crippen LogP contribution is 2.34. The molecule has 1 N–H and O–H groups in total. The molecule has 4 aromatic rings. The molecule has 3 aromatic heterocycles. The van der Waals surface area contributed by atoms with Gasteiger partial charge >= 0.3 is 5.97 Å². The van der Waals surface area contributed by atoms with Crippen molar-refractivity contribution in [2.75, 3.05) is 19.5 Å². The van der Waals surface area contributed by atoms with Crippen LogP contribution < -0.4 is 10.1 Å². The molecule has 1 aromatic carbocycles. The minimum Gasteiger partial charge on any atom is -0.481 e. The number of carbonyl (C=O) groups is 1. The predicted molar refractivity (Wildman–Crippen MR) is 130 cm³/mol. The lowest BCUT2D eigenvalue weighted by Gasteiger charge is -2.20. The Morgan fingerprint density at radius 2 is 1.91 bits per heavy atom. The zero-order valence-electron chi connectivity index (χ0n) is 19.2. The van der Waals surface area contributed by atoms with Crippen LogP contribution in [0, 0.1) is 6.92 Å². The fourth-order valence-corrected chi connectivity index (χ4v) is 4.19. The van der Waals surface area contributed by atoms with Gasteiger partial charge in [-0.15, -0.1) is 0 Å². The molecule has 170 valence electrons. The van der Waals surface area contributed by atoms with E-state index in [9.17, 15) is 4.79 Å². The SMILES string of the molecule is CCc1nc2c(C(C)Nc3ccc(Cl)nc3C(=O)OC)cc(C)cc2c2cc(OC)ncc12. The molecule has 4 rings (SSSR count). The molecule has 0 aliphatic heterocycles. The molecule has 3 heterocycles. The lowest BCUT2D eigenvalue weighted by molar-refractivity contribution is 0.0595. The van der Waals surface area contributed by atoms with Crippen LogP contribution in [0.15, 0.2) is 36.5 Å². The van der Waals surface area contributed by atoms with Crippen LogP contribution in [0.3, 0.4) is 0 Å². The number of halogens is 1. The van der Waals surface area contributed by atoms with Gasteiger partial charge in [0.2, 0.25) is 5.88 Å². The number of pyridine rings is 3. The second kappa shape index (κ2) is 9.19. The lowest BCUT2D eigenvalue weighted by Crippen LogP contribution is -2.14. The highest BCUT2D eigenvalue weighted by atomic mass is 35.5. The summed E-state index contributed by atoms with van der Waals surface area (Å²) in [5, 5.41) is 6.70. The van der Waals surface area contributed by atoms with Gasteiger partial charge in [0, 0.05) is 28.6 Å². The quantitative estimate of drug-likeness (QED) is 0.223. The normalized spacial score (nSPS) is 12.1. The molecule has 1 atom stereocenters. The van der Waals surface area contributed by atoms with Crippen molar-refractivity contribution in [3.8, 4) is 5.88 Å². The smallest absolute Gasteiger partial charge is 0.358 e. The summed E-state index contributed by atoms with van der Waals surface area (Å²) in [6, 6.07) is 9.38. The van der Waals surface area contributed by atoms with E-state index in [2.05, 4.69) is 41.3 Å².